The molecule has 4 rings (SSSR count). The Morgan fingerprint density at radius 1 is 0.533 bits per heavy atom. The summed E-state index contributed by atoms with van der Waals surface area (Å²) in [7, 11) is 0. The Kier molecular flexibility index (Phi) is 7.89. The zero-order valence-corrected chi connectivity index (χ0v) is 23.6. The topological polar surface area (TPSA) is 60.4 Å². The molecule has 0 N–H and O–H groups in total. The number of alkyl halides is 14. The molecule has 0 unspecified atom stereocenters. The molecule has 0 spiro atoms. The van der Waals surface area contributed by atoms with Crippen LogP contribution in [0.25, 0.3) is 21.9 Å². The van der Waals surface area contributed by atoms with Crippen molar-refractivity contribution in [1.29, 1.82) is 0 Å². The molecule has 0 aliphatic rings. The molecule has 4 nitrogen and oxygen atoms in total. The van der Waals surface area contributed by atoms with Crippen LogP contribution in [-0.4, -0.2) is 22.6 Å². The Morgan fingerprint density at radius 2 is 0.844 bits per heavy atom. The predicted molar refractivity (Wildman–Crippen MR) is 136 cm³/mol. The second kappa shape index (κ2) is 10.3. The van der Waals surface area contributed by atoms with Crippen LogP contribution in [0.4, 0.5) is 52.7 Å². The first kappa shape index (κ1) is 34.5. The van der Waals surface area contributed by atoms with Crippen LogP contribution < -0.4 is 10.9 Å². The molecule has 4 aromatic rings. The number of hydrogen-bond donors (Lipinski definition) is 0. The van der Waals surface area contributed by atoms with Gasteiger partial charge in [0.25, 0.3) is 0 Å². The first-order valence-corrected chi connectivity index (χ1v) is 12.8. The van der Waals surface area contributed by atoms with E-state index >= 15 is 0 Å². The van der Waals surface area contributed by atoms with Gasteiger partial charge in [0, 0.05) is 17.5 Å². The molecule has 0 bridgehead atoms. The largest absolute Gasteiger partial charge is 0.454 e. The third-order valence-corrected chi connectivity index (χ3v) is 7.49. The van der Waals surface area contributed by atoms with E-state index in [1.54, 1.807) is 0 Å². The fraction of sp³-hybridized carbons (Fsp3) is 0.333. The van der Waals surface area contributed by atoms with Gasteiger partial charge in [0.05, 0.1) is 10.8 Å². The minimum Gasteiger partial charge on any atom is -0.454 e. The van der Waals surface area contributed by atoms with Crippen molar-refractivity contribution >= 4 is 45.1 Å². The predicted octanol–water partition coefficient (Wildman–Crippen LogP) is 9.34. The molecular formula is C27H14Cl2F12O4. The van der Waals surface area contributed by atoms with E-state index in [9.17, 15) is 62.3 Å². The summed E-state index contributed by atoms with van der Waals surface area (Å²) in [5.41, 5.74) is -5.01. The number of halogens is 14. The van der Waals surface area contributed by atoms with Crippen LogP contribution in [0.1, 0.15) is 36.5 Å². The van der Waals surface area contributed by atoms with E-state index in [0.29, 0.717) is 0 Å². The summed E-state index contributed by atoms with van der Waals surface area (Å²) in [5, 5.41) is -12.4. The Labute approximate surface area is 252 Å². The summed E-state index contributed by atoms with van der Waals surface area (Å²) in [6.07, 6.45) is 0. The van der Waals surface area contributed by atoms with Gasteiger partial charge in [0.2, 0.25) is 0 Å². The molecule has 2 heterocycles. The molecule has 0 saturated carbocycles. The van der Waals surface area contributed by atoms with Crippen molar-refractivity contribution in [1.82, 2.24) is 0 Å². The van der Waals surface area contributed by atoms with E-state index in [0.717, 1.165) is 36.4 Å². The molecule has 0 aliphatic heterocycles. The molecule has 0 saturated heterocycles. The molecule has 45 heavy (non-hydrogen) atoms. The van der Waals surface area contributed by atoms with E-state index in [1.807, 2.05) is 0 Å². The molecular weight excluding hydrogens is 687 g/mol. The molecule has 0 amide bonds. The third-order valence-electron chi connectivity index (χ3n) is 7.02. The van der Waals surface area contributed by atoms with Crippen LogP contribution in [0, 0.1) is 0 Å². The third kappa shape index (κ3) is 5.32. The Hall–Kier alpha value is -3.40. The van der Waals surface area contributed by atoms with E-state index in [1.165, 1.54) is 13.8 Å². The summed E-state index contributed by atoms with van der Waals surface area (Å²) in [6, 6.07) is 6.01. The monoisotopic (exact) mass is 700 g/mol. The van der Waals surface area contributed by atoms with Crippen molar-refractivity contribution in [2.75, 3.05) is 0 Å². The first-order chi connectivity index (χ1) is 20.2. The quantitative estimate of drug-likeness (QED) is 0.136. The number of fused-ring (bicyclic) bond motifs is 2. The fourth-order valence-corrected chi connectivity index (χ4v) is 4.47. The van der Waals surface area contributed by atoms with Gasteiger partial charge < -0.3 is 8.83 Å². The maximum absolute atomic E-state index is 14.3. The van der Waals surface area contributed by atoms with Gasteiger partial charge in [-0.1, -0.05) is 26.0 Å². The zero-order chi connectivity index (χ0) is 34.3. The SMILES string of the molecule is CC(C)(c1ccc2oc(C(F)(F)C(F)(F)C(F)(F)Cl)cc(=O)c2c1)c1ccc2oc(C(F)(F)C(F)(F)C(F)(F)Cl)cc(=O)c2c1. The van der Waals surface area contributed by atoms with Gasteiger partial charge >= 0.3 is 34.5 Å². The lowest BCUT2D eigenvalue weighted by molar-refractivity contribution is -0.291. The first-order valence-electron chi connectivity index (χ1n) is 12.0. The maximum Gasteiger partial charge on any atom is 0.394 e. The normalized spacial score (nSPS) is 14.4. The lowest BCUT2D eigenvalue weighted by Gasteiger charge is -2.29. The molecule has 0 aliphatic carbocycles. The van der Waals surface area contributed by atoms with Gasteiger partial charge in [0.15, 0.2) is 22.4 Å². The fourth-order valence-electron chi connectivity index (χ4n) is 4.23. The second-order valence-electron chi connectivity index (χ2n) is 10.3. The standard InChI is InChI=1S/C27H14Cl2F12O4/c1-21(2,11-3-5-17-13(7-11)15(42)9-19(44-17)22(30,31)24(34,35)26(28,38)39)12-4-6-18-14(8-12)16(43)10-20(45-18)23(32,33)25(36,37)27(29,40)41/h3-10H,1-2H3. The van der Waals surface area contributed by atoms with Gasteiger partial charge in [-0.15, -0.1) is 0 Å². The maximum atomic E-state index is 14.3. The van der Waals surface area contributed by atoms with Crippen LogP contribution in [0.5, 0.6) is 0 Å². The van der Waals surface area contributed by atoms with Crippen LogP contribution >= 0.6 is 23.2 Å². The molecule has 0 atom stereocenters. The highest BCUT2D eigenvalue weighted by molar-refractivity contribution is 6.22. The van der Waals surface area contributed by atoms with E-state index in [4.69, 9.17) is 0 Å². The van der Waals surface area contributed by atoms with Gasteiger partial charge in [0.1, 0.15) is 11.2 Å². The minimum absolute atomic E-state index is 0.117. The van der Waals surface area contributed by atoms with Gasteiger partial charge in [-0.2, -0.15) is 52.7 Å². The second-order valence-corrected chi connectivity index (χ2v) is 11.2. The van der Waals surface area contributed by atoms with Crippen LogP contribution in [0.2, 0.25) is 0 Å². The van der Waals surface area contributed by atoms with E-state index in [-0.39, 0.29) is 23.3 Å². The number of benzene rings is 2. The van der Waals surface area contributed by atoms with Crippen molar-refractivity contribution in [3.8, 4) is 0 Å². The minimum atomic E-state index is -6.16. The van der Waals surface area contributed by atoms with Crippen molar-refractivity contribution < 1.29 is 61.5 Å². The summed E-state index contributed by atoms with van der Waals surface area (Å²) in [4.78, 5) is 25.2. The molecule has 244 valence electrons. The van der Waals surface area contributed by atoms with Crippen LogP contribution in [-0.2, 0) is 17.3 Å². The van der Waals surface area contributed by atoms with Crippen LogP contribution in [0.3, 0.4) is 0 Å². The zero-order valence-electron chi connectivity index (χ0n) is 22.0. The summed E-state index contributed by atoms with van der Waals surface area (Å²) in [5.74, 6) is -28.0. The van der Waals surface area contributed by atoms with Crippen molar-refractivity contribution in [2.24, 2.45) is 0 Å². The van der Waals surface area contributed by atoms with Crippen molar-refractivity contribution in [2.45, 2.75) is 53.7 Å². The van der Waals surface area contributed by atoms with Crippen molar-refractivity contribution in [3.63, 3.8) is 0 Å². The lowest BCUT2D eigenvalue weighted by atomic mass is 9.77. The number of hydrogen-bond acceptors (Lipinski definition) is 4. The molecule has 0 fully saturated rings. The van der Waals surface area contributed by atoms with Gasteiger partial charge in [-0.05, 0) is 58.6 Å². The summed E-state index contributed by atoms with van der Waals surface area (Å²) < 4.78 is 173. The Bertz CT molecular complexity index is 1780. The average molecular weight is 701 g/mol. The summed E-state index contributed by atoms with van der Waals surface area (Å²) >= 11 is 8.30. The molecule has 0 radical (unpaired) electrons. The van der Waals surface area contributed by atoms with Gasteiger partial charge in [-0.3, -0.25) is 9.59 Å². The highest BCUT2D eigenvalue weighted by Gasteiger charge is 2.74. The highest BCUT2D eigenvalue weighted by Crippen LogP contribution is 2.54. The number of rotatable bonds is 8. The Balaban J connectivity index is 1.78. The summed E-state index contributed by atoms with van der Waals surface area (Å²) in [6.45, 7) is 2.96. The van der Waals surface area contributed by atoms with E-state index < -0.39 is 84.2 Å². The van der Waals surface area contributed by atoms with E-state index in [2.05, 4.69) is 32.0 Å². The smallest absolute Gasteiger partial charge is 0.394 e. The highest BCUT2D eigenvalue weighted by atomic mass is 35.5. The van der Waals surface area contributed by atoms with Crippen LogP contribution in [0.15, 0.2) is 67.0 Å². The van der Waals surface area contributed by atoms with Gasteiger partial charge in [-0.25, -0.2) is 0 Å². The Morgan fingerprint density at radius 3 is 1.13 bits per heavy atom. The lowest BCUT2D eigenvalue weighted by Crippen LogP contribution is -2.49. The van der Waals surface area contributed by atoms with Crippen molar-refractivity contribution in [3.05, 3.63) is 91.6 Å². The average Bonchev–Trinajstić information content (AvgIpc) is 2.91. The molecule has 2 aromatic heterocycles. The molecule has 2 aromatic carbocycles. The molecule has 18 heteroatoms.